The molecule has 0 radical (unpaired) electrons. The highest BCUT2D eigenvalue weighted by Gasteiger charge is 2.36. The Kier molecular flexibility index (Phi) is 4.81. The second-order valence-electron chi connectivity index (χ2n) is 6.32. The molecule has 1 atom stereocenters. The van der Waals surface area contributed by atoms with E-state index in [4.69, 9.17) is 0 Å². The van der Waals surface area contributed by atoms with Crippen LogP contribution >= 0.6 is 0 Å². The second kappa shape index (κ2) is 6.40. The Balaban J connectivity index is 1.98. The molecule has 1 aliphatic heterocycles. The summed E-state index contributed by atoms with van der Waals surface area (Å²) in [6.45, 7) is 8.05. The first kappa shape index (κ1) is 15.0. The van der Waals surface area contributed by atoms with Gasteiger partial charge >= 0.3 is 0 Å². The summed E-state index contributed by atoms with van der Waals surface area (Å²) in [6.07, 6.45) is 3.25. The SMILES string of the molecule is CCc1ccccc1CNC(=O)C1NCCCC1(C)C. The molecule has 1 amide bonds. The lowest BCUT2D eigenvalue weighted by molar-refractivity contribution is -0.126. The molecule has 110 valence electrons. The second-order valence-corrected chi connectivity index (χ2v) is 6.32. The Morgan fingerprint density at radius 2 is 2.05 bits per heavy atom. The third kappa shape index (κ3) is 3.40. The lowest BCUT2D eigenvalue weighted by Gasteiger charge is -2.38. The summed E-state index contributed by atoms with van der Waals surface area (Å²) in [5, 5.41) is 6.46. The van der Waals surface area contributed by atoms with E-state index in [0.29, 0.717) is 6.54 Å². The third-order valence-electron chi connectivity index (χ3n) is 4.34. The van der Waals surface area contributed by atoms with E-state index in [2.05, 4.69) is 49.6 Å². The van der Waals surface area contributed by atoms with Crippen LogP contribution in [0.4, 0.5) is 0 Å². The molecule has 3 heteroatoms. The van der Waals surface area contributed by atoms with E-state index in [0.717, 1.165) is 25.8 Å². The van der Waals surface area contributed by atoms with Gasteiger partial charge in [-0.1, -0.05) is 45.0 Å². The van der Waals surface area contributed by atoms with E-state index in [9.17, 15) is 4.79 Å². The molecule has 0 aromatic heterocycles. The number of hydrogen-bond acceptors (Lipinski definition) is 2. The number of nitrogens with one attached hydrogen (secondary N) is 2. The van der Waals surface area contributed by atoms with E-state index in [-0.39, 0.29) is 17.4 Å². The molecule has 1 unspecified atom stereocenters. The number of carbonyl (C=O) groups is 1. The Morgan fingerprint density at radius 1 is 1.35 bits per heavy atom. The van der Waals surface area contributed by atoms with Crippen LogP contribution in [0.15, 0.2) is 24.3 Å². The Labute approximate surface area is 122 Å². The molecule has 1 fully saturated rings. The largest absolute Gasteiger partial charge is 0.351 e. The van der Waals surface area contributed by atoms with Gasteiger partial charge in [-0.05, 0) is 42.3 Å². The minimum Gasteiger partial charge on any atom is -0.351 e. The predicted molar refractivity (Wildman–Crippen MR) is 82.5 cm³/mol. The number of rotatable bonds is 4. The van der Waals surface area contributed by atoms with Gasteiger partial charge in [0, 0.05) is 6.54 Å². The fourth-order valence-corrected chi connectivity index (χ4v) is 3.02. The fraction of sp³-hybridized carbons (Fsp3) is 0.588. The summed E-state index contributed by atoms with van der Waals surface area (Å²) in [4.78, 5) is 12.4. The zero-order valence-corrected chi connectivity index (χ0v) is 12.8. The van der Waals surface area contributed by atoms with Crippen molar-refractivity contribution in [3.63, 3.8) is 0 Å². The van der Waals surface area contributed by atoms with E-state index in [1.807, 2.05) is 6.07 Å². The van der Waals surface area contributed by atoms with Crippen LogP contribution < -0.4 is 10.6 Å². The van der Waals surface area contributed by atoms with Crippen molar-refractivity contribution in [3.8, 4) is 0 Å². The summed E-state index contributed by atoms with van der Waals surface area (Å²) in [7, 11) is 0. The summed E-state index contributed by atoms with van der Waals surface area (Å²) < 4.78 is 0. The standard InChI is InChI=1S/C17H26N2O/c1-4-13-8-5-6-9-14(13)12-19-16(20)15-17(2,3)10-7-11-18-15/h5-6,8-9,15,18H,4,7,10-12H2,1-3H3,(H,19,20). The summed E-state index contributed by atoms with van der Waals surface area (Å²) in [5.74, 6) is 0.126. The first-order chi connectivity index (χ1) is 9.54. The summed E-state index contributed by atoms with van der Waals surface area (Å²) in [6, 6.07) is 8.23. The van der Waals surface area contributed by atoms with Crippen LogP contribution in [0, 0.1) is 5.41 Å². The first-order valence-corrected chi connectivity index (χ1v) is 7.62. The van der Waals surface area contributed by atoms with Crippen molar-refractivity contribution in [2.45, 2.75) is 52.6 Å². The average Bonchev–Trinajstić information content (AvgIpc) is 2.44. The average molecular weight is 274 g/mol. The minimum absolute atomic E-state index is 0.0343. The van der Waals surface area contributed by atoms with E-state index >= 15 is 0 Å². The van der Waals surface area contributed by atoms with Crippen molar-refractivity contribution in [2.24, 2.45) is 5.41 Å². The minimum atomic E-state index is -0.0787. The van der Waals surface area contributed by atoms with Gasteiger partial charge in [-0.15, -0.1) is 0 Å². The smallest absolute Gasteiger partial charge is 0.237 e. The van der Waals surface area contributed by atoms with Crippen molar-refractivity contribution in [1.29, 1.82) is 0 Å². The van der Waals surface area contributed by atoms with Crippen molar-refractivity contribution >= 4 is 5.91 Å². The zero-order valence-electron chi connectivity index (χ0n) is 12.8. The zero-order chi connectivity index (χ0) is 14.6. The molecule has 2 rings (SSSR count). The number of aryl methyl sites for hydroxylation is 1. The van der Waals surface area contributed by atoms with Gasteiger partial charge in [-0.3, -0.25) is 4.79 Å². The molecule has 1 aliphatic rings. The first-order valence-electron chi connectivity index (χ1n) is 7.62. The van der Waals surface area contributed by atoms with Crippen LogP contribution in [0.3, 0.4) is 0 Å². The molecule has 3 nitrogen and oxygen atoms in total. The van der Waals surface area contributed by atoms with Gasteiger partial charge in [-0.25, -0.2) is 0 Å². The molecule has 1 heterocycles. The monoisotopic (exact) mass is 274 g/mol. The predicted octanol–water partition coefficient (Wildman–Crippen LogP) is 2.64. The van der Waals surface area contributed by atoms with Crippen molar-refractivity contribution in [1.82, 2.24) is 10.6 Å². The maximum Gasteiger partial charge on any atom is 0.237 e. The van der Waals surface area contributed by atoms with Gasteiger partial charge in [0.1, 0.15) is 0 Å². The lowest BCUT2D eigenvalue weighted by Crippen LogP contribution is -2.55. The number of hydrogen-bond donors (Lipinski definition) is 2. The van der Waals surface area contributed by atoms with E-state index < -0.39 is 0 Å². The normalized spacial score (nSPS) is 21.4. The maximum absolute atomic E-state index is 12.4. The van der Waals surface area contributed by atoms with Crippen LogP contribution in [0.25, 0.3) is 0 Å². The highest BCUT2D eigenvalue weighted by Crippen LogP contribution is 2.30. The van der Waals surface area contributed by atoms with Crippen LogP contribution in [0.1, 0.15) is 44.7 Å². The van der Waals surface area contributed by atoms with Crippen molar-refractivity contribution < 1.29 is 4.79 Å². The summed E-state index contributed by atoms with van der Waals surface area (Å²) >= 11 is 0. The Morgan fingerprint density at radius 3 is 2.70 bits per heavy atom. The molecule has 0 spiro atoms. The van der Waals surface area contributed by atoms with Gasteiger partial charge < -0.3 is 10.6 Å². The van der Waals surface area contributed by atoms with Crippen LogP contribution in [0.2, 0.25) is 0 Å². The van der Waals surface area contributed by atoms with Crippen molar-refractivity contribution in [3.05, 3.63) is 35.4 Å². The van der Waals surface area contributed by atoms with Gasteiger partial charge in [0.25, 0.3) is 0 Å². The summed E-state index contributed by atoms with van der Waals surface area (Å²) in [5.41, 5.74) is 2.56. The van der Waals surface area contributed by atoms with E-state index in [1.165, 1.54) is 11.1 Å². The Hall–Kier alpha value is -1.35. The lowest BCUT2D eigenvalue weighted by atomic mass is 9.77. The van der Waals surface area contributed by atoms with Crippen LogP contribution in [-0.4, -0.2) is 18.5 Å². The van der Waals surface area contributed by atoms with Gasteiger partial charge in [0.2, 0.25) is 5.91 Å². The third-order valence-corrected chi connectivity index (χ3v) is 4.34. The molecule has 0 bridgehead atoms. The fourth-order valence-electron chi connectivity index (χ4n) is 3.02. The molecular weight excluding hydrogens is 248 g/mol. The van der Waals surface area contributed by atoms with Crippen molar-refractivity contribution in [2.75, 3.05) is 6.54 Å². The Bertz CT molecular complexity index is 468. The van der Waals surface area contributed by atoms with Gasteiger partial charge in [0.05, 0.1) is 6.04 Å². The molecule has 2 N–H and O–H groups in total. The molecule has 1 aromatic rings. The van der Waals surface area contributed by atoms with E-state index in [1.54, 1.807) is 0 Å². The molecule has 1 saturated heterocycles. The van der Waals surface area contributed by atoms with Crippen LogP contribution in [-0.2, 0) is 17.8 Å². The maximum atomic E-state index is 12.4. The molecule has 20 heavy (non-hydrogen) atoms. The quantitative estimate of drug-likeness (QED) is 0.886. The number of piperidine rings is 1. The van der Waals surface area contributed by atoms with Gasteiger partial charge in [-0.2, -0.15) is 0 Å². The topological polar surface area (TPSA) is 41.1 Å². The molecule has 0 saturated carbocycles. The number of carbonyl (C=O) groups excluding carboxylic acids is 1. The van der Waals surface area contributed by atoms with Crippen LogP contribution in [0.5, 0.6) is 0 Å². The number of benzene rings is 1. The molecule has 1 aromatic carbocycles. The molecular formula is C17H26N2O. The van der Waals surface area contributed by atoms with Gasteiger partial charge in [0.15, 0.2) is 0 Å². The highest BCUT2D eigenvalue weighted by atomic mass is 16.2. The molecule has 0 aliphatic carbocycles. The highest BCUT2D eigenvalue weighted by molar-refractivity contribution is 5.82. The number of amides is 1.